The Morgan fingerprint density at radius 2 is 1.27 bits per heavy atom. The second kappa shape index (κ2) is 11.2. The lowest BCUT2D eigenvalue weighted by Crippen LogP contribution is -2.63. The zero-order valence-electron chi connectivity index (χ0n) is 20.5. The van der Waals surface area contributed by atoms with Gasteiger partial charge in [0.15, 0.2) is 0 Å². The van der Waals surface area contributed by atoms with Gasteiger partial charge in [-0.25, -0.2) is 21.6 Å². The normalized spacial score (nSPS) is 20.0. The van der Waals surface area contributed by atoms with Gasteiger partial charge < -0.3 is 14.5 Å². The highest BCUT2D eigenvalue weighted by Gasteiger charge is 2.45. The van der Waals surface area contributed by atoms with Gasteiger partial charge in [0.25, 0.3) is 0 Å². The van der Waals surface area contributed by atoms with Crippen molar-refractivity contribution >= 4 is 32.0 Å². The van der Waals surface area contributed by atoms with Crippen LogP contribution in [0.5, 0.6) is 0 Å². The third-order valence-electron chi connectivity index (χ3n) is 6.43. The third kappa shape index (κ3) is 5.64. The number of piperazine rings is 2. The summed E-state index contributed by atoms with van der Waals surface area (Å²) in [7, 11) is -8.03. The molecule has 2 aliphatic heterocycles. The number of benzene rings is 2. The summed E-state index contributed by atoms with van der Waals surface area (Å²) in [6.45, 7) is 2.17. The minimum atomic E-state index is -4.08. The van der Waals surface area contributed by atoms with Crippen LogP contribution in [-0.4, -0.2) is 106 Å². The number of sulfonamides is 2. The number of hydrogen-bond acceptors (Lipinski definition) is 7. The maximum absolute atomic E-state index is 13.7. The molecule has 4 rings (SSSR count). The number of rotatable bonds is 6. The molecule has 37 heavy (non-hydrogen) atoms. The fourth-order valence-corrected chi connectivity index (χ4v) is 7.50. The van der Waals surface area contributed by atoms with Crippen LogP contribution in [0.25, 0.3) is 0 Å². The summed E-state index contributed by atoms with van der Waals surface area (Å²) in [5, 5.41) is 0. The van der Waals surface area contributed by atoms with Crippen molar-refractivity contribution in [3.63, 3.8) is 0 Å². The Balaban J connectivity index is 1.61. The van der Waals surface area contributed by atoms with Gasteiger partial charge >= 0.3 is 6.09 Å². The van der Waals surface area contributed by atoms with E-state index in [4.69, 9.17) is 4.74 Å². The molecular weight excluding hydrogens is 520 g/mol. The van der Waals surface area contributed by atoms with Crippen molar-refractivity contribution in [1.29, 1.82) is 0 Å². The molecule has 11 nitrogen and oxygen atoms in total. The van der Waals surface area contributed by atoms with E-state index in [0.29, 0.717) is 0 Å². The van der Waals surface area contributed by atoms with Gasteiger partial charge in [0.2, 0.25) is 26.0 Å². The second-order valence-electron chi connectivity index (χ2n) is 8.63. The van der Waals surface area contributed by atoms with Crippen LogP contribution in [0.15, 0.2) is 70.5 Å². The summed E-state index contributed by atoms with van der Waals surface area (Å²) in [5.74, 6) is -0.504. The molecule has 2 amide bonds. The Kier molecular flexibility index (Phi) is 8.17. The van der Waals surface area contributed by atoms with Crippen LogP contribution in [0.2, 0.25) is 0 Å². The molecule has 1 atom stereocenters. The molecule has 13 heteroatoms. The van der Waals surface area contributed by atoms with Gasteiger partial charge in [0.05, 0.1) is 16.4 Å². The number of carbonyl (C=O) groups is 2. The van der Waals surface area contributed by atoms with E-state index in [-0.39, 0.29) is 62.2 Å². The highest BCUT2D eigenvalue weighted by atomic mass is 32.2. The molecule has 2 heterocycles. The molecule has 0 bridgehead atoms. The number of ether oxygens (including phenoxy) is 1. The van der Waals surface area contributed by atoms with Crippen molar-refractivity contribution in [2.24, 2.45) is 0 Å². The average molecular weight is 551 g/mol. The van der Waals surface area contributed by atoms with Gasteiger partial charge in [0, 0.05) is 45.8 Å². The van der Waals surface area contributed by atoms with Gasteiger partial charge in [-0.15, -0.1) is 0 Å². The molecule has 0 aliphatic carbocycles. The van der Waals surface area contributed by atoms with Crippen LogP contribution >= 0.6 is 0 Å². The summed E-state index contributed by atoms with van der Waals surface area (Å²) in [4.78, 5) is 28.8. The number of nitrogens with zero attached hydrogens (tertiary/aromatic N) is 4. The topological polar surface area (TPSA) is 125 Å². The van der Waals surface area contributed by atoms with Crippen LogP contribution in [0.1, 0.15) is 6.92 Å². The standard InChI is InChI=1S/C24H30N4O7S2/c1-2-35-24(30)26-15-13-25(14-16-26)23(29)22-19-27(36(31,32)20-9-5-3-6-10-20)17-18-28(22)37(33,34)21-11-7-4-8-12-21/h3-12,22H,2,13-19H2,1H3. The van der Waals surface area contributed by atoms with Crippen LogP contribution in [0, 0.1) is 0 Å². The van der Waals surface area contributed by atoms with Crippen molar-refractivity contribution in [2.75, 3.05) is 52.4 Å². The summed E-state index contributed by atoms with van der Waals surface area (Å²) in [5.41, 5.74) is 0. The van der Waals surface area contributed by atoms with E-state index in [1.807, 2.05) is 0 Å². The molecule has 200 valence electrons. The molecule has 2 fully saturated rings. The fourth-order valence-electron chi connectivity index (χ4n) is 4.45. The molecule has 0 spiro atoms. The lowest BCUT2D eigenvalue weighted by Gasteiger charge is -2.42. The molecule has 0 radical (unpaired) electrons. The Morgan fingerprint density at radius 3 is 1.81 bits per heavy atom. The van der Waals surface area contributed by atoms with E-state index in [2.05, 4.69) is 0 Å². The average Bonchev–Trinajstić information content (AvgIpc) is 2.93. The lowest BCUT2D eigenvalue weighted by atomic mass is 10.2. The first-order chi connectivity index (χ1) is 17.7. The summed E-state index contributed by atoms with van der Waals surface area (Å²) in [6, 6.07) is 14.4. The molecule has 0 saturated carbocycles. The summed E-state index contributed by atoms with van der Waals surface area (Å²) in [6.07, 6.45) is -0.472. The monoisotopic (exact) mass is 550 g/mol. The SMILES string of the molecule is CCOC(=O)N1CCN(C(=O)C2CN(S(=O)(=O)c3ccccc3)CCN2S(=O)(=O)c2ccccc2)CC1. The van der Waals surface area contributed by atoms with Gasteiger partial charge in [-0.1, -0.05) is 36.4 Å². The molecule has 1 unspecified atom stereocenters. The molecule has 2 aliphatic rings. The maximum atomic E-state index is 13.7. The lowest BCUT2D eigenvalue weighted by molar-refractivity contribution is -0.138. The number of amides is 2. The van der Waals surface area contributed by atoms with Crippen molar-refractivity contribution in [1.82, 2.24) is 18.4 Å². The highest BCUT2D eigenvalue weighted by Crippen LogP contribution is 2.26. The molecule has 2 aromatic rings. The predicted molar refractivity (Wildman–Crippen MR) is 134 cm³/mol. The van der Waals surface area contributed by atoms with Crippen LogP contribution in [0.4, 0.5) is 4.79 Å². The zero-order chi connectivity index (χ0) is 26.6. The zero-order valence-corrected chi connectivity index (χ0v) is 22.1. The minimum Gasteiger partial charge on any atom is -0.450 e. The van der Waals surface area contributed by atoms with Crippen molar-refractivity contribution in [2.45, 2.75) is 22.8 Å². The molecule has 2 aromatic carbocycles. The Hall–Kier alpha value is -3.00. The molecular formula is C24H30N4O7S2. The van der Waals surface area contributed by atoms with Gasteiger partial charge in [-0.05, 0) is 31.2 Å². The van der Waals surface area contributed by atoms with Crippen molar-refractivity contribution in [3.8, 4) is 0 Å². The maximum Gasteiger partial charge on any atom is 0.409 e. The van der Waals surface area contributed by atoms with E-state index < -0.39 is 38.1 Å². The number of carbonyl (C=O) groups excluding carboxylic acids is 2. The minimum absolute atomic E-state index is 0.0271. The summed E-state index contributed by atoms with van der Waals surface area (Å²) < 4.78 is 61.0. The quantitative estimate of drug-likeness (QED) is 0.527. The van der Waals surface area contributed by atoms with E-state index >= 15 is 0 Å². The van der Waals surface area contributed by atoms with E-state index in [1.54, 1.807) is 43.3 Å². The molecule has 0 aromatic heterocycles. The predicted octanol–water partition coefficient (Wildman–Crippen LogP) is 1.05. The van der Waals surface area contributed by atoms with Gasteiger partial charge in [-0.3, -0.25) is 4.79 Å². The van der Waals surface area contributed by atoms with Gasteiger partial charge in [-0.2, -0.15) is 8.61 Å². The molecule has 2 saturated heterocycles. The van der Waals surface area contributed by atoms with Crippen molar-refractivity contribution < 1.29 is 31.2 Å². The first-order valence-electron chi connectivity index (χ1n) is 12.0. The Morgan fingerprint density at radius 1 is 0.757 bits per heavy atom. The largest absolute Gasteiger partial charge is 0.450 e. The van der Waals surface area contributed by atoms with E-state index in [1.165, 1.54) is 34.1 Å². The highest BCUT2D eigenvalue weighted by molar-refractivity contribution is 7.89. The van der Waals surface area contributed by atoms with Crippen molar-refractivity contribution in [3.05, 3.63) is 60.7 Å². The first-order valence-corrected chi connectivity index (χ1v) is 14.9. The van der Waals surface area contributed by atoms with Gasteiger partial charge in [0.1, 0.15) is 6.04 Å². The van der Waals surface area contributed by atoms with Crippen LogP contribution in [-0.2, 0) is 29.6 Å². The smallest absolute Gasteiger partial charge is 0.409 e. The van der Waals surface area contributed by atoms with Crippen LogP contribution in [0.3, 0.4) is 0 Å². The van der Waals surface area contributed by atoms with E-state index in [0.717, 1.165) is 8.61 Å². The summed E-state index contributed by atoms with van der Waals surface area (Å²) >= 11 is 0. The number of hydrogen-bond donors (Lipinski definition) is 0. The second-order valence-corrected chi connectivity index (χ2v) is 12.5. The molecule has 0 N–H and O–H groups in total. The fraction of sp³-hybridized carbons (Fsp3) is 0.417. The third-order valence-corrected chi connectivity index (χ3v) is 10.2. The van der Waals surface area contributed by atoms with E-state index in [9.17, 15) is 26.4 Å². The Bertz CT molecular complexity index is 1310. The van der Waals surface area contributed by atoms with Crippen LogP contribution < -0.4 is 0 Å². The Labute approximate surface area is 217 Å². The first kappa shape index (κ1) is 27.0.